The van der Waals surface area contributed by atoms with E-state index >= 15 is 0 Å². The first-order chi connectivity index (χ1) is 12.9. The molecule has 2 aromatic heterocycles. The average molecular weight is 450 g/mol. The van der Waals surface area contributed by atoms with Gasteiger partial charge in [-0.25, -0.2) is 4.98 Å². The first-order valence-corrected chi connectivity index (χ1v) is 9.38. The number of nitrogens with zero attached hydrogens (tertiary/aromatic N) is 2. The molecule has 0 aliphatic carbocycles. The van der Waals surface area contributed by atoms with Crippen molar-refractivity contribution in [2.24, 2.45) is 0 Å². The zero-order valence-corrected chi connectivity index (χ0v) is 17.5. The summed E-state index contributed by atoms with van der Waals surface area (Å²) < 4.78 is 13.1. The summed E-state index contributed by atoms with van der Waals surface area (Å²) in [6.07, 6.45) is 1.70. The van der Waals surface area contributed by atoms with Crippen LogP contribution in [0.4, 0.5) is 0 Å². The summed E-state index contributed by atoms with van der Waals surface area (Å²) in [5.74, 6) is 1.13. The highest BCUT2D eigenvalue weighted by Gasteiger charge is 2.15. The van der Waals surface area contributed by atoms with E-state index in [-0.39, 0.29) is 10.6 Å². The third-order valence-electron chi connectivity index (χ3n) is 4.14. The maximum Gasteiger partial charge on any atom is 0.277 e. The molecule has 0 saturated carbocycles. The monoisotopic (exact) mass is 448 g/mol. The van der Waals surface area contributed by atoms with E-state index in [1.807, 2.05) is 38.1 Å². The van der Waals surface area contributed by atoms with Gasteiger partial charge in [0, 0.05) is 18.0 Å². The van der Waals surface area contributed by atoms with E-state index in [1.165, 1.54) is 0 Å². The summed E-state index contributed by atoms with van der Waals surface area (Å²) in [7, 11) is 1.62. The van der Waals surface area contributed by atoms with E-state index < -0.39 is 0 Å². The number of aryl methyl sites for hydroxylation is 2. The summed E-state index contributed by atoms with van der Waals surface area (Å²) in [4.78, 5) is 17.0. The fourth-order valence-electron chi connectivity index (χ4n) is 2.70. The van der Waals surface area contributed by atoms with Gasteiger partial charge >= 0.3 is 0 Å². The Morgan fingerprint density at radius 2 is 1.89 bits per heavy atom. The Balaban J connectivity index is 1.92. The van der Waals surface area contributed by atoms with Crippen molar-refractivity contribution >= 4 is 27.5 Å². The van der Waals surface area contributed by atoms with E-state index in [0.29, 0.717) is 17.0 Å². The molecule has 0 N–H and O–H groups in total. The molecule has 0 fully saturated rings. The van der Waals surface area contributed by atoms with Crippen LogP contribution in [0, 0.1) is 13.8 Å². The van der Waals surface area contributed by atoms with Crippen LogP contribution in [0.5, 0.6) is 11.5 Å². The Labute approximate surface area is 170 Å². The summed E-state index contributed by atoms with van der Waals surface area (Å²) >= 11 is 9.66. The lowest BCUT2D eigenvalue weighted by Crippen LogP contribution is -2.22. The Kier molecular flexibility index (Phi) is 5.87. The van der Waals surface area contributed by atoms with Gasteiger partial charge < -0.3 is 9.47 Å². The zero-order valence-electron chi connectivity index (χ0n) is 15.1. The van der Waals surface area contributed by atoms with Crippen LogP contribution in [0.1, 0.15) is 16.8 Å². The molecule has 1 aromatic carbocycles. The minimum absolute atomic E-state index is 0.0430. The summed E-state index contributed by atoms with van der Waals surface area (Å²) in [5.41, 5.74) is 2.93. The second-order valence-electron chi connectivity index (χ2n) is 6.03. The Bertz CT molecular complexity index is 1030. The summed E-state index contributed by atoms with van der Waals surface area (Å²) in [5, 5.41) is 0.0430. The second kappa shape index (κ2) is 8.15. The SMILES string of the molecule is COc1ccc(COc2cc(C)n(-c3cc(Br)ncc3C)c(=O)c2Cl)cc1. The topological polar surface area (TPSA) is 53.4 Å². The van der Waals surface area contributed by atoms with Crippen LogP contribution in [0.2, 0.25) is 5.02 Å². The summed E-state index contributed by atoms with van der Waals surface area (Å²) in [6, 6.07) is 11.1. The molecule has 140 valence electrons. The fraction of sp³-hybridized carbons (Fsp3) is 0.200. The normalized spacial score (nSPS) is 10.7. The van der Waals surface area contributed by atoms with Crippen LogP contribution in [0.25, 0.3) is 5.69 Å². The predicted octanol–water partition coefficient (Wildman–Crippen LogP) is 4.85. The van der Waals surface area contributed by atoms with Crippen molar-refractivity contribution in [1.29, 1.82) is 0 Å². The van der Waals surface area contributed by atoms with E-state index in [2.05, 4.69) is 20.9 Å². The van der Waals surface area contributed by atoms with Crippen molar-refractivity contribution in [2.45, 2.75) is 20.5 Å². The molecule has 0 saturated heterocycles. The first-order valence-electron chi connectivity index (χ1n) is 8.21. The number of hydrogen-bond donors (Lipinski definition) is 0. The van der Waals surface area contributed by atoms with Gasteiger partial charge in [-0.1, -0.05) is 23.7 Å². The third-order valence-corrected chi connectivity index (χ3v) is 4.92. The molecule has 0 bridgehead atoms. The van der Waals surface area contributed by atoms with Crippen LogP contribution in [0.15, 0.2) is 52.0 Å². The molecule has 3 rings (SSSR count). The largest absolute Gasteiger partial charge is 0.497 e. The number of rotatable bonds is 5. The van der Waals surface area contributed by atoms with Crippen molar-refractivity contribution < 1.29 is 9.47 Å². The Morgan fingerprint density at radius 1 is 1.19 bits per heavy atom. The number of aromatic nitrogens is 2. The predicted molar refractivity (Wildman–Crippen MR) is 109 cm³/mol. The van der Waals surface area contributed by atoms with Gasteiger partial charge in [0.2, 0.25) is 0 Å². The molecular formula is C20H18BrClN2O3. The molecule has 2 heterocycles. The molecule has 0 unspecified atom stereocenters. The van der Waals surface area contributed by atoms with Crippen LogP contribution in [-0.2, 0) is 6.61 Å². The number of hydrogen-bond acceptors (Lipinski definition) is 4. The number of ether oxygens (including phenoxy) is 2. The van der Waals surface area contributed by atoms with E-state index in [4.69, 9.17) is 21.1 Å². The molecule has 27 heavy (non-hydrogen) atoms. The van der Waals surface area contributed by atoms with Gasteiger partial charge in [-0.05, 0) is 59.1 Å². The van der Waals surface area contributed by atoms with Crippen molar-refractivity contribution in [3.05, 3.63) is 79.4 Å². The highest BCUT2D eigenvalue weighted by Crippen LogP contribution is 2.26. The lowest BCUT2D eigenvalue weighted by Gasteiger charge is -2.16. The highest BCUT2D eigenvalue weighted by molar-refractivity contribution is 9.10. The van der Waals surface area contributed by atoms with Crippen molar-refractivity contribution in [2.75, 3.05) is 7.11 Å². The molecule has 3 aromatic rings. The first kappa shape index (κ1) is 19.5. The minimum atomic E-state index is -0.331. The second-order valence-corrected chi connectivity index (χ2v) is 7.23. The lowest BCUT2D eigenvalue weighted by molar-refractivity contribution is 0.305. The van der Waals surface area contributed by atoms with E-state index in [0.717, 1.165) is 28.3 Å². The smallest absolute Gasteiger partial charge is 0.277 e. The molecular weight excluding hydrogens is 432 g/mol. The number of halogens is 2. The maximum atomic E-state index is 12.9. The van der Waals surface area contributed by atoms with Crippen LogP contribution >= 0.6 is 27.5 Å². The summed E-state index contributed by atoms with van der Waals surface area (Å²) in [6.45, 7) is 4.03. The van der Waals surface area contributed by atoms with Gasteiger partial charge in [0.1, 0.15) is 27.7 Å². The van der Waals surface area contributed by atoms with E-state index in [9.17, 15) is 4.79 Å². The molecule has 0 spiro atoms. The van der Waals surface area contributed by atoms with Gasteiger partial charge in [-0.3, -0.25) is 9.36 Å². The number of methoxy groups -OCH3 is 1. The van der Waals surface area contributed by atoms with Crippen molar-refractivity contribution in [1.82, 2.24) is 9.55 Å². The number of benzene rings is 1. The molecule has 0 amide bonds. The quantitative estimate of drug-likeness (QED) is 0.522. The minimum Gasteiger partial charge on any atom is -0.497 e. The molecule has 0 aliphatic heterocycles. The van der Waals surface area contributed by atoms with Crippen LogP contribution in [0.3, 0.4) is 0 Å². The average Bonchev–Trinajstić information content (AvgIpc) is 2.66. The van der Waals surface area contributed by atoms with Gasteiger partial charge in [-0.2, -0.15) is 0 Å². The van der Waals surface area contributed by atoms with Gasteiger partial charge in [0.15, 0.2) is 0 Å². The fourth-order valence-corrected chi connectivity index (χ4v) is 3.21. The standard InChI is InChI=1S/C20H18BrClN2O3/c1-12-10-23-18(21)9-16(12)24-13(2)8-17(19(22)20(24)25)27-11-14-4-6-15(26-3)7-5-14/h4-10H,11H2,1-3H3. The highest BCUT2D eigenvalue weighted by atomic mass is 79.9. The molecule has 0 aliphatic rings. The molecule has 0 radical (unpaired) electrons. The van der Waals surface area contributed by atoms with Crippen LogP contribution in [-0.4, -0.2) is 16.7 Å². The van der Waals surface area contributed by atoms with Gasteiger partial charge in [0.25, 0.3) is 5.56 Å². The molecule has 7 heteroatoms. The van der Waals surface area contributed by atoms with E-state index in [1.54, 1.807) is 30.0 Å². The van der Waals surface area contributed by atoms with Crippen molar-refractivity contribution in [3.63, 3.8) is 0 Å². The van der Waals surface area contributed by atoms with Crippen LogP contribution < -0.4 is 15.0 Å². The Hall–Kier alpha value is -2.31. The van der Waals surface area contributed by atoms with Crippen molar-refractivity contribution in [3.8, 4) is 17.2 Å². The third kappa shape index (κ3) is 4.17. The number of pyridine rings is 2. The zero-order chi connectivity index (χ0) is 19.6. The Morgan fingerprint density at radius 3 is 2.56 bits per heavy atom. The maximum absolute atomic E-state index is 12.9. The van der Waals surface area contributed by atoms with Gasteiger partial charge in [0.05, 0.1) is 12.8 Å². The molecule has 0 atom stereocenters. The lowest BCUT2D eigenvalue weighted by atomic mass is 10.2. The van der Waals surface area contributed by atoms with Gasteiger partial charge in [-0.15, -0.1) is 0 Å². The molecule has 5 nitrogen and oxygen atoms in total.